The van der Waals surface area contributed by atoms with E-state index in [4.69, 9.17) is 4.74 Å². The van der Waals surface area contributed by atoms with Crippen LogP contribution < -0.4 is 24.0 Å². The van der Waals surface area contributed by atoms with E-state index >= 15 is 0 Å². The lowest BCUT2D eigenvalue weighted by atomic mass is 9.62. The lowest BCUT2D eigenvalue weighted by Crippen LogP contribution is -3.00. The van der Waals surface area contributed by atoms with Gasteiger partial charge in [0.05, 0.1) is 25.7 Å². The average molecular weight is 422 g/mol. The number of hydrogen-bond acceptors (Lipinski definition) is 3. The smallest absolute Gasteiger partial charge is 0.240 e. The molecule has 1 aliphatic carbocycles. The van der Waals surface area contributed by atoms with Gasteiger partial charge in [-0.1, -0.05) is 20.8 Å². The molecule has 2 atom stereocenters. The Morgan fingerprint density at radius 2 is 1.82 bits per heavy atom. The van der Waals surface area contributed by atoms with Gasteiger partial charge in [-0.05, 0) is 18.3 Å². The van der Waals surface area contributed by atoms with Crippen molar-refractivity contribution in [2.75, 3.05) is 40.0 Å². The van der Waals surface area contributed by atoms with Crippen molar-refractivity contribution < 1.29 is 42.8 Å². The van der Waals surface area contributed by atoms with Crippen molar-refractivity contribution >= 4 is 11.8 Å². The summed E-state index contributed by atoms with van der Waals surface area (Å²) < 4.78 is 6.13. The zero-order valence-corrected chi connectivity index (χ0v) is 16.2. The van der Waals surface area contributed by atoms with Crippen LogP contribution in [0, 0.1) is 16.7 Å². The molecule has 0 N–H and O–H groups in total. The van der Waals surface area contributed by atoms with Gasteiger partial charge < -0.3 is 33.2 Å². The number of quaternary nitrogens is 1. The molecule has 126 valence electrons. The lowest BCUT2D eigenvalue weighted by Gasteiger charge is -2.49. The molecular formula is C16H27IN2O3. The first-order chi connectivity index (χ1) is 9.71. The Morgan fingerprint density at radius 3 is 2.41 bits per heavy atom. The second-order valence-electron chi connectivity index (χ2n) is 8.04. The first kappa shape index (κ1) is 18.1. The Bertz CT molecular complexity index is 488. The second-order valence-corrected chi connectivity index (χ2v) is 8.04. The van der Waals surface area contributed by atoms with Crippen LogP contribution >= 0.6 is 0 Å². The van der Waals surface area contributed by atoms with Gasteiger partial charge in [-0.3, -0.25) is 9.59 Å². The van der Waals surface area contributed by atoms with Crippen LogP contribution in [0.5, 0.6) is 0 Å². The Balaban J connectivity index is 0.00000176. The van der Waals surface area contributed by atoms with E-state index in [9.17, 15) is 9.59 Å². The standard InChI is InChI=1S/C16H27N2O3.HI/c1-15(2)12-5-6-16(15,3)14(20)17(13(12)19)11-18(4)7-9-21-10-8-18;/h12H,5-11H2,1-4H3;1H/q+1;/p-1. The van der Waals surface area contributed by atoms with Crippen molar-refractivity contribution in [2.24, 2.45) is 16.7 Å². The van der Waals surface area contributed by atoms with Crippen molar-refractivity contribution in [3.05, 3.63) is 0 Å². The second kappa shape index (κ2) is 5.70. The zero-order valence-electron chi connectivity index (χ0n) is 14.0. The summed E-state index contributed by atoms with van der Waals surface area (Å²) in [5, 5.41) is 0. The summed E-state index contributed by atoms with van der Waals surface area (Å²) in [6.45, 7) is 9.87. The number of carbonyl (C=O) groups excluding carboxylic acids is 2. The third-order valence-corrected chi connectivity index (χ3v) is 6.54. The van der Waals surface area contributed by atoms with Crippen LogP contribution in [-0.4, -0.2) is 61.2 Å². The molecule has 2 bridgehead atoms. The molecule has 0 spiro atoms. The summed E-state index contributed by atoms with van der Waals surface area (Å²) in [5.74, 6) is 0.0794. The van der Waals surface area contributed by atoms with Crippen LogP contribution in [0.15, 0.2) is 0 Å². The predicted molar refractivity (Wildman–Crippen MR) is 78.1 cm³/mol. The van der Waals surface area contributed by atoms with Crippen molar-refractivity contribution in [1.82, 2.24) is 4.90 Å². The highest BCUT2D eigenvalue weighted by atomic mass is 127. The zero-order chi connectivity index (χ0) is 15.5. The molecule has 22 heavy (non-hydrogen) atoms. The SMILES string of the molecule is CC12CCC(C(=O)N(C[N+]3(C)CCOCC3)C1=O)C2(C)C.[I-]. The number of morpholine rings is 1. The molecule has 3 fully saturated rings. The number of imide groups is 1. The highest BCUT2D eigenvalue weighted by Crippen LogP contribution is 2.60. The molecule has 0 aromatic heterocycles. The van der Waals surface area contributed by atoms with Crippen LogP contribution in [-0.2, 0) is 14.3 Å². The molecule has 6 heteroatoms. The quantitative estimate of drug-likeness (QED) is 0.301. The molecule has 2 aliphatic heterocycles. The van der Waals surface area contributed by atoms with E-state index in [1.807, 2.05) is 6.92 Å². The van der Waals surface area contributed by atoms with Crippen LogP contribution in [0.4, 0.5) is 0 Å². The monoisotopic (exact) mass is 422 g/mol. The van der Waals surface area contributed by atoms with E-state index in [1.165, 1.54) is 0 Å². The van der Waals surface area contributed by atoms with Gasteiger partial charge in [0.1, 0.15) is 13.1 Å². The topological polar surface area (TPSA) is 46.6 Å². The summed E-state index contributed by atoms with van der Waals surface area (Å²) in [5.41, 5.74) is -0.613. The normalized spacial score (nSPS) is 36.2. The number of piperidine rings is 1. The Hall–Kier alpha value is -0.210. The highest BCUT2D eigenvalue weighted by Gasteiger charge is 2.65. The minimum absolute atomic E-state index is 0. The summed E-state index contributed by atoms with van der Waals surface area (Å²) in [6.07, 6.45) is 1.68. The maximum Gasteiger partial charge on any atom is 0.240 e. The van der Waals surface area contributed by atoms with Gasteiger partial charge in [-0.2, -0.15) is 0 Å². The van der Waals surface area contributed by atoms with Crippen molar-refractivity contribution in [2.45, 2.75) is 33.6 Å². The van der Waals surface area contributed by atoms with Gasteiger partial charge in [-0.25, -0.2) is 4.90 Å². The number of fused-ring (bicyclic) bond motifs is 2. The highest BCUT2D eigenvalue weighted by molar-refractivity contribution is 6.03. The van der Waals surface area contributed by atoms with E-state index in [-0.39, 0.29) is 47.1 Å². The number of halogens is 1. The van der Waals surface area contributed by atoms with E-state index in [0.717, 1.165) is 30.4 Å². The largest absolute Gasteiger partial charge is 1.00 e. The molecule has 2 heterocycles. The Morgan fingerprint density at radius 1 is 1.23 bits per heavy atom. The fourth-order valence-electron chi connectivity index (χ4n) is 4.30. The van der Waals surface area contributed by atoms with Crippen molar-refractivity contribution in [1.29, 1.82) is 0 Å². The number of ether oxygens (including phenoxy) is 1. The Labute approximate surface area is 150 Å². The molecule has 2 saturated heterocycles. The Kier molecular flexibility index (Phi) is 4.70. The number of hydrogen-bond donors (Lipinski definition) is 0. The third-order valence-electron chi connectivity index (χ3n) is 6.54. The van der Waals surface area contributed by atoms with Crippen LogP contribution in [0.2, 0.25) is 0 Å². The fourth-order valence-corrected chi connectivity index (χ4v) is 4.30. The van der Waals surface area contributed by atoms with Gasteiger partial charge in [0.15, 0.2) is 6.67 Å². The van der Waals surface area contributed by atoms with E-state index in [0.29, 0.717) is 19.9 Å². The number of rotatable bonds is 2. The molecule has 0 aromatic rings. The van der Waals surface area contributed by atoms with Gasteiger partial charge >= 0.3 is 0 Å². The van der Waals surface area contributed by atoms with E-state index < -0.39 is 5.41 Å². The van der Waals surface area contributed by atoms with Gasteiger partial charge in [0, 0.05) is 5.92 Å². The lowest BCUT2D eigenvalue weighted by molar-refractivity contribution is -0.923. The molecule has 0 aromatic carbocycles. The molecule has 0 radical (unpaired) electrons. The summed E-state index contributed by atoms with van der Waals surface area (Å²) in [7, 11) is 2.12. The number of likely N-dealkylation sites (tertiary alicyclic amines) is 1. The number of nitrogens with zero attached hydrogens (tertiary/aromatic N) is 2. The van der Waals surface area contributed by atoms with Gasteiger partial charge in [0.2, 0.25) is 11.8 Å². The average Bonchev–Trinajstić information content (AvgIpc) is 2.61. The number of likely N-dealkylation sites (N-methyl/N-ethyl adjacent to an activating group) is 1. The van der Waals surface area contributed by atoms with Crippen molar-refractivity contribution in [3.8, 4) is 0 Å². The number of carbonyl (C=O) groups is 2. The fraction of sp³-hybridized carbons (Fsp3) is 0.875. The summed E-state index contributed by atoms with van der Waals surface area (Å²) >= 11 is 0. The predicted octanol–water partition coefficient (Wildman–Crippen LogP) is -1.76. The van der Waals surface area contributed by atoms with Crippen LogP contribution in [0.25, 0.3) is 0 Å². The molecule has 2 amide bonds. The maximum absolute atomic E-state index is 13.0. The maximum atomic E-state index is 13.0. The third kappa shape index (κ3) is 2.41. The van der Waals surface area contributed by atoms with E-state index in [1.54, 1.807) is 4.90 Å². The minimum atomic E-state index is -0.392. The molecule has 1 saturated carbocycles. The van der Waals surface area contributed by atoms with Gasteiger partial charge in [-0.15, -0.1) is 0 Å². The first-order valence-corrected chi connectivity index (χ1v) is 7.98. The van der Waals surface area contributed by atoms with Crippen molar-refractivity contribution in [3.63, 3.8) is 0 Å². The molecule has 3 aliphatic rings. The molecular weight excluding hydrogens is 395 g/mol. The molecule has 2 unspecified atom stereocenters. The van der Waals surface area contributed by atoms with Gasteiger partial charge in [0.25, 0.3) is 0 Å². The summed E-state index contributed by atoms with van der Waals surface area (Å²) in [4.78, 5) is 27.4. The summed E-state index contributed by atoms with van der Waals surface area (Å²) in [6, 6.07) is 0. The minimum Gasteiger partial charge on any atom is -1.00 e. The van der Waals surface area contributed by atoms with E-state index in [2.05, 4.69) is 20.9 Å². The van der Waals surface area contributed by atoms with Crippen LogP contribution in [0.1, 0.15) is 33.6 Å². The first-order valence-electron chi connectivity index (χ1n) is 7.98. The van der Waals surface area contributed by atoms with Crippen LogP contribution in [0.3, 0.4) is 0 Å². The molecule has 5 nitrogen and oxygen atoms in total. The number of amides is 2. The molecule has 3 rings (SSSR count).